The predicted molar refractivity (Wildman–Crippen MR) is 84.5 cm³/mol. The number of thiophene rings is 1. The summed E-state index contributed by atoms with van der Waals surface area (Å²) >= 11 is 1.79. The molecule has 20 heavy (non-hydrogen) atoms. The minimum atomic E-state index is 0.938. The van der Waals surface area contributed by atoms with Crippen molar-refractivity contribution in [3.8, 4) is 5.75 Å². The van der Waals surface area contributed by atoms with Crippen LogP contribution in [0.3, 0.4) is 0 Å². The van der Waals surface area contributed by atoms with Gasteiger partial charge in [-0.2, -0.15) is 0 Å². The Kier molecular flexibility index (Phi) is 4.04. The van der Waals surface area contributed by atoms with E-state index in [4.69, 9.17) is 4.74 Å². The molecule has 0 atom stereocenters. The lowest BCUT2D eigenvalue weighted by Crippen LogP contribution is -2.18. The second-order valence-electron chi connectivity index (χ2n) is 4.66. The van der Waals surface area contributed by atoms with Crippen molar-refractivity contribution in [1.82, 2.24) is 9.88 Å². The molecule has 3 rings (SSSR count). The number of rotatable bonds is 6. The van der Waals surface area contributed by atoms with Crippen LogP contribution >= 0.6 is 11.3 Å². The molecule has 0 fully saturated rings. The van der Waals surface area contributed by atoms with E-state index in [1.807, 2.05) is 12.1 Å². The van der Waals surface area contributed by atoms with Crippen LogP contribution in [0, 0.1) is 0 Å². The Labute approximate surface area is 122 Å². The summed E-state index contributed by atoms with van der Waals surface area (Å²) in [5.41, 5.74) is 1.22. The summed E-state index contributed by atoms with van der Waals surface area (Å²) < 4.78 is 7.65. The molecule has 1 N–H and O–H groups in total. The van der Waals surface area contributed by atoms with Gasteiger partial charge < -0.3 is 14.6 Å². The molecular formula is C16H18N2OS. The van der Waals surface area contributed by atoms with Crippen molar-refractivity contribution in [1.29, 1.82) is 0 Å². The molecule has 0 bridgehead atoms. The van der Waals surface area contributed by atoms with Crippen LogP contribution in [0.1, 0.15) is 4.88 Å². The van der Waals surface area contributed by atoms with E-state index in [-0.39, 0.29) is 0 Å². The van der Waals surface area contributed by atoms with E-state index in [0.717, 1.165) is 25.4 Å². The molecule has 0 aliphatic heterocycles. The standard InChI is InChI=1S/C16H18N2OS/c1-19-16-6-2-5-15-14(16)7-9-18(15)10-8-17-12-13-4-3-11-20-13/h2-7,9,11,17H,8,10,12H2,1H3. The zero-order valence-electron chi connectivity index (χ0n) is 11.5. The van der Waals surface area contributed by atoms with Crippen LogP contribution in [0.25, 0.3) is 10.9 Å². The molecule has 0 saturated carbocycles. The molecule has 0 radical (unpaired) electrons. The third-order valence-corrected chi connectivity index (χ3v) is 4.28. The van der Waals surface area contributed by atoms with Crippen molar-refractivity contribution in [3.05, 3.63) is 52.9 Å². The molecule has 0 amide bonds. The number of benzene rings is 1. The minimum absolute atomic E-state index is 0.938. The number of aromatic nitrogens is 1. The average Bonchev–Trinajstić information content (AvgIpc) is 3.13. The highest BCUT2D eigenvalue weighted by Gasteiger charge is 2.05. The van der Waals surface area contributed by atoms with Gasteiger partial charge in [0.15, 0.2) is 0 Å². The zero-order chi connectivity index (χ0) is 13.8. The predicted octanol–water partition coefficient (Wildman–Crippen LogP) is 3.50. The fourth-order valence-corrected chi connectivity index (χ4v) is 3.07. The number of hydrogen-bond acceptors (Lipinski definition) is 3. The molecular weight excluding hydrogens is 268 g/mol. The monoisotopic (exact) mass is 286 g/mol. The Morgan fingerprint density at radius 2 is 2.15 bits per heavy atom. The quantitative estimate of drug-likeness (QED) is 0.702. The van der Waals surface area contributed by atoms with Crippen molar-refractivity contribution >= 4 is 22.2 Å². The third-order valence-electron chi connectivity index (χ3n) is 3.40. The Hall–Kier alpha value is -1.78. The summed E-state index contributed by atoms with van der Waals surface area (Å²) in [6.07, 6.45) is 2.13. The van der Waals surface area contributed by atoms with Gasteiger partial charge in [-0.1, -0.05) is 12.1 Å². The zero-order valence-corrected chi connectivity index (χ0v) is 12.3. The van der Waals surface area contributed by atoms with Crippen LogP contribution in [0.5, 0.6) is 5.75 Å². The first-order chi connectivity index (χ1) is 9.88. The van der Waals surface area contributed by atoms with E-state index in [9.17, 15) is 0 Å². The van der Waals surface area contributed by atoms with E-state index in [1.165, 1.54) is 15.8 Å². The van der Waals surface area contributed by atoms with Crippen LogP contribution in [0.2, 0.25) is 0 Å². The highest BCUT2D eigenvalue weighted by Crippen LogP contribution is 2.25. The van der Waals surface area contributed by atoms with Crippen LogP contribution < -0.4 is 10.1 Å². The Morgan fingerprint density at radius 3 is 2.95 bits per heavy atom. The summed E-state index contributed by atoms with van der Waals surface area (Å²) in [7, 11) is 1.72. The lowest BCUT2D eigenvalue weighted by atomic mass is 10.2. The molecule has 104 valence electrons. The lowest BCUT2D eigenvalue weighted by Gasteiger charge is -2.07. The molecule has 4 heteroatoms. The fraction of sp³-hybridized carbons (Fsp3) is 0.250. The molecule has 2 heterocycles. The topological polar surface area (TPSA) is 26.2 Å². The van der Waals surface area contributed by atoms with E-state index in [2.05, 4.69) is 45.7 Å². The smallest absolute Gasteiger partial charge is 0.128 e. The van der Waals surface area contributed by atoms with E-state index < -0.39 is 0 Å². The van der Waals surface area contributed by atoms with Crippen molar-refractivity contribution < 1.29 is 4.74 Å². The summed E-state index contributed by atoms with van der Waals surface area (Å²) in [5, 5.41) is 6.77. The maximum Gasteiger partial charge on any atom is 0.128 e. The SMILES string of the molecule is COc1cccc2c1ccn2CCNCc1cccs1. The first kappa shape index (κ1) is 13.2. The number of methoxy groups -OCH3 is 1. The van der Waals surface area contributed by atoms with Gasteiger partial charge in [0.25, 0.3) is 0 Å². The fourth-order valence-electron chi connectivity index (χ4n) is 2.39. The summed E-state index contributed by atoms with van der Waals surface area (Å²) in [6.45, 7) is 2.86. The molecule has 3 aromatic rings. The Morgan fingerprint density at radius 1 is 1.20 bits per heavy atom. The lowest BCUT2D eigenvalue weighted by molar-refractivity contribution is 0.420. The van der Waals surface area contributed by atoms with Crippen molar-refractivity contribution in [2.75, 3.05) is 13.7 Å². The maximum atomic E-state index is 5.39. The number of ether oxygens (including phenoxy) is 1. The van der Waals surface area contributed by atoms with Crippen LogP contribution in [0.4, 0.5) is 0 Å². The molecule has 3 nitrogen and oxygen atoms in total. The minimum Gasteiger partial charge on any atom is -0.496 e. The van der Waals surface area contributed by atoms with Gasteiger partial charge in [0, 0.05) is 36.1 Å². The van der Waals surface area contributed by atoms with Gasteiger partial charge >= 0.3 is 0 Å². The molecule has 0 aliphatic carbocycles. The number of nitrogens with zero attached hydrogens (tertiary/aromatic N) is 1. The highest BCUT2D eigenvalue weighted by atomic mass is 32.1. The number of fused-ring (bicyclic) bond motifs is 1. The largest absolute Gasteiger partial charge is 0.496 e. The highest BCUT2D eigenvalue weighted by molar-refractivity contribution is 7.09. The number of hydrogen-bond donors (Lipinski definition) is 1. The van der Waals surface area contributed by atoms with Crippen molar-refractivity contribution in [3.63, 3.8) is 0 Å². The van der Waals surface area contributed by atoms with Gasteiger partial charge in [0.1, 0.15) is 5.75 Å². The first-order valence-corrected chi connectivity index (χ1v) is 7.61. The Bertz CT molecular complexity index is 673. The molecule has 0 spiro atoms. The van der Waals surface area contributed by atoms with Gasteiger partial charge in [0.2, 0.25) is 0 Å². The molecule has 0 saturated heterocycles. The van der Waals surface area contributed by atoms with Gasteiger partial charge in [-0.15, -0.1) is 11.3 Å². The first-order valence-electron chi connectivity index (χ1n) is 6.73. The molecule has 1 aromatic carbocycles. The number of nitrogens with one attached hydrogen (secondary N) is 1. The maximum absolute atomic E-state index is 5.39. The van der Waals surface area contributed by atoms with E-state index >= 15 is 0 Å². The molecule has 0 unspecified atom stereocenters. The molecule has 2 aromatic heterocycles. The van der Waals surface area contributed by atoms with Gasteiger partial charge in [-0.25, -0.2) is 0 Å². The summed E-state index contributed by atoms with van der Waals surface area (Å²) in [5.74, 6) is 0.938. The Balaban J connectivity index is 1.63. The normalized spacial score (nSPS) is 11.1. The van der Waals surface area contributed by atoms with Crippen LogP contribution in [-0.2, 0) is 13.1 Å². The van der Waals surface area contributed by atoms with Crippen LogP contribution in [-0.4, -0.2) is 18.2 Å². The van der Waals surface area contributed by atoms with Crippen molar-refractivity contribution in [2.45, 2.75) is 13.1 Å². The van der Waals surface area contributed by atoms with Gasteiger partial charge in [-0.3, -0.25) is 0 Å². The van der Waals surface area contributed by atoms with E-state index in [0.29, 0.717) is 0 Å². The second kappa shape index (κ2) is 6.11. The summed E-state index contributed by atoms with van der Waals surface area (Å²) in [4.78, 5) is 1.38. The van der Waals surface area contributed by atoms with Crippen LogP contribution in [0.15, 0.2) is 48.0 Å². The average molecular weight is 286 g/mol. The van der Waals surface area contributed by atoms with Gasteiger partial charge in [0.05, 0.1) is 12.6 Å². The van der Waals surface area contributed by atoms with Gasteiger partial charge in [-0.05, 0) is 29.6 Å². The summed E-state index contributed by atoms with van der Waals surface area (Å²) in [6, 6.07) is 12.5. The second-order valence-corrected chi connectivity index (χ2v) is 5.69. The molecule has 0 aliphatic rings. The van der Waals surface area contributed by atoms with E-state index in [1.54, 1.807) is 18.4 Å². The third kappa shape index (κ3) is 2.71. The van der Waals surface area contributed by atoms with Crippen molar-refractivity contribution in [2.24, 2.45) is 0 Å².